The molecule has 1 N–H and O–H groups in total. The minimum atomic E-state index is -0.427. The Balaban J connectivity index is 2.09. The van der Waals surface area contributed by atoms with Crippen LogP contribution in [0.15, 0.2) is 22.7 Å². The lowest BCUT2D eigenvalue weighted by molar-refractivity contribution is -0.0368. The van der Waals surface area contributed by atoms with Crippen molar-refractivity contribution in [3.05, 3.63) is 33.8 Å². The standard InChI is InChI=1S/C16H22BrNO2/c1-11-4-5-13(14(17)10-11)15(19)20-16(2,3)12-6-8-18-9-7-12/h4-5,10,12,18H,6-9H2,1-3H3. The Morgan fingerprint density at radius 2 is 2.00 bits per heavy atom. The molecule has 0 unspecified atom stereocenters. The number of rotatable bonds is 3. The Bertz CT molecular complexity index is 493. The van der Waals surface area contributed by atoms with Gasteiger partial charge in [-0.1, -0.05) is 6.07 Å². The largest absolute Gasteiger partial charge is 0.456 e. The SMILES string of the molecule is Cc1ccc(C(=O)OC(C)(C)C2CCNCC2)c(Br)c1. The average Bonchev–Trinajstić information content (AvgIpc) is 2.39. The molecule has 3 nitrogen and oxygen atoms in total. The number of carbonyl (C=O) groups is 1. The summed E-state index contributed by atoms with van der Waals surface area (Å²) < 4.78 is 6.58. The zero-order chi connectivity index (χ0) is 14.8. The quantitative estimate of drug-likeness (QED) is 0.853. The number of esters is 1. The van der Waals surface area contributed by atoms with Gasteiger partial charge in [0.25, 0.3) is 0 Å². The van der Waals surface area contributed by atoms with Gasteiger partial charge in [0.2, 0.25) is 0 Å². The van der Waals surface area contributed by atoms with E-state index in [9.17, 15) is 4.79 Å². The van der Waals surface area contributed by atoms with Crippen molar-refractivity contribution < 1.29 is 9.53 Å². The third kappa shape index (κ3) is 3.61. The molecule has 4 heteroatoms. The number of benzene rings is 1. The highest BCUT2D eigenvalue weighted by molar-refractivity contribution is 9.10. The third-order valence-electron chi connectivity index (χ3n) is 4.02. The molecule has 1 saturated heterocycles. The third-order valence-corrected chi connectivity index (χ3v) is 4.68. The van der Waals surface area contributed by atoms with Gasteiger partial charge >= 0.3 is 5.97 Å². The summed E-state index contributed by atoms with van der Waals surface area (Å²) in [5.74, 6) is 0.164. The second-order valence-electron chi connectivity index (χ2n) is 6.00. The number of carbonyl (C=O) groups excluding carboxylic acids is 1. The molecule has 0 aliphatic carbocycles. The molecule has 1 heterocycles. The van der Waals surface area contributed by atoms with Crippen LogP contribution < -0.4 is 5.32 Å². The van der Waals surface area contributed by atoms with E-state index in [-0.39, 0.29) is 5.97 Å². The monoisotopic (exact) mass is 339 g/mol. The van der Waals surface area contributed by atoms with E-state index in [0.717, 1.165) is 36.0 Å². The summed E-state index contributed by atoms with van der Waals surface area (Å²) in [6.45, 7) is 8.03. The fourth-order valence-corrected chi connectivity index (χ4v) is 3.34. The van der Waals surface area contributed by atoms with Gasteiger partial charge in [-0.15, -0.1) is 0 Å². The molecule has 0 saturated carbocycles. The number of nitrogens with one attached hydrogen (secondary N) is 1. The van der Waals surface area contributed by atoms with Crippen LogP contribution in [0.4, 0.5) is 0 Å². The topological polar surface area (TPSA) is 38.3 Å². The lowest BCUT2D eigenvalue weighted by atomic mass is 9.83. The van der Waals surface area contributed by atoms with Crippen molar-refractivity contribution >= 4 is 21.9 Å². The molecular formula is C16H22BrNO2. The van der Waals surface area contributed by atoms with Crippen LogP contribution in [0.5, 0.6) is 0 Å². The minimum Gasteiger partial charge on any atom is -0.456 e. The van der Waals surface area contributed by atoms with Crippen LogP contribution in [0.2, 0.25) is 0 Å². The van der Waals surface area contributed by atoms with Crippen LogP contribution in [0.1, 0.15) is 42.6 Å². The fraction of sp³-hybridized carbons (Fsp3) is 0.562. The van der Waals surface area contributed by atoms with E-state index in [1.54, 1.807) is 0 Å². The van der Waals surface area contributed by atoms with Gasteiger partial charge in [-0.25, -0.2) is 4.79 Å². The highest BCUT2D eigenvalue weighted by Gasteiger charge is 2.34. The Morgan fingerprint density at radius 1 is 1.35 bits per heavy atom. The molecule has 0 atom stereocenters. The molecule has 2 rings (SSSR count). The molecule has 0 aromatic heterocycles. The summed E-state index contributed by atoms with van der Waals surface area (Å²) in [4.78, 5) is 12.4. The van der Waals surface area contributed by atoms with Crippen LogP contribution >= 0.6 is 15.9 Å². The van der Waals surface area contributed by atoms with Crippen LogP contribution in [0.3, 0.4) is 0 Å². The Labute approximate surface area is 129 Å². The normalized spacial score (nSPS) is 17.0. The Morgan fingerprint density at radius 3 is 2.60 bits per heavy atom. The van der Waals surface area contributed by atoms with Crippen molar-refractivity contribution in [3.63, 3.8) is 0 Å². The van der Waals surface area contributed by atoms with Crippen LogP contribution in [0, 0.1) is 12.8 Å². The van der Waals surface area contributed by atoms with Gasteiger partial charge in [0, 0.05) is 10.4 Å². The molecular weight excluding hydrogens is 318 g/mol. The fourth-order valence-electron chi connectivity index (χ4n) is 2.68. The first-order valence-corrected chi connectivity index (χ1v) is 7.89. The van der Waals surface area contributed by atoms with Crippen molar-refractivity contribution in [2.45, 2.75) is 39.2 Å². The van der Waals surface area contributed by atoms with E-state index in [1.165, 1.54) is 0 Å². The number of hydrogen-bond donors (Lipinski definition) is 1. The first-order valence-electron chi connectivity index (χ1n) is 7.10. The minimum absolute atomic E-state index is 0.250. The summed E-state index contributed by atoms with van der Waals surface area (Å²) in [6.07, 6.45) is 2.10. The van der Waals surface area contributed by atoms with Crippen molar-refractivity contribution in [2.24, 2.45) is 5.92 Å². The van der Waals surface area contributed by atoms with E-state index in [4.69, 9.17) is 4.74 Å². The maximum absolute atomic E-state index is 12.4. The predicted molar refractivity (Wildman–Crippen MR) is 84.0 cm³/mol. The van der Waals surface area contributed by atoms with Gasteiger partial charge in [-0.2, -0.15) is 0 Å². The zero-order valence-corrected chi connectivity index (χ0v) is 13.9. The van der Waals surface area contributed by atoms with Gasteiger partial charge in [-0.3, -0.25) is 0 Å². The molecule has 1 fully saturated rings. The average molecular weight is 340 g/mol. The molecule has 1 aromatic carbocycles. The molecule has 0 radical (unpaired) electrons. The first kappa shape index (κ1) is 15.5. The van der Waals surface area contributed by atoms with Crippen LogP contribution in [-0.4, -0.2) is 24.7 Å². The Hall–Kier alpha value is -0.870. The van der Waals surface area contributed by atoms with E-state index in [1.807, 2.05) is 39.0 Å². The van der Waals surface area contributed by atoms with Gasteiger partial charge in [-0.05, 0) is 80.3 Å². The lowest BCUT2D eigenvalue weighted by Gasteiger charge is -2.36. The molecule has 1 aliphatic rings. The summed E-state index contributed by atoms with van der Waals surface area (Å²) in [6, 6.07) is 5.69. The number of halogens is 1. The second kappa shape index (κ2) is 6.27. The van der Waals surface area contributed by atoms with E-state index >= 15 is 0 Å². The first-order chi connectivity index (χ1) is 9.40. The molecule has 110 valence electrons. The molecule has 1 aliphatic heterocycles. The molecule has 20 heavy (non-hydrogen) atoms. The number of aryl methyl sites for hydroxylation is 1. The lowest BCUT2D eigenvalue weighted by Crippen LogP contribution is -2.42. The molecule has 0 bridgehead atoms. The number of piperidine rings is 1. The zero-order valence-electron chi connectivity index (χ0n) is 12.3. The summed E-state index contributed by atoms with van der Waals surface area (Å²) >= 11 is 3.44. The highest BCUT2D eigenvalue weighted by Crippen LogP contribution is 2.30. The van der Waals surface area contributed by atoms with Crippen molar-refractivity contribution in [1.29, 1.82) is 0 Å². The Kier molecular flexibility index (Phi) is 4.86. The van der Waals surface area contributed by atoms with Crippen LogP contribution in [0.25, 0.3) is 0 Å². The smallest absolute Gasteiger partial charge is 0.339 e. The second-order valence-corrected chi connectivity index (χ2v) is 6.85. The molecule has 1 aromatic rings. The predicted octanol–water partition coefficient (Wildman–Crippen LogP) is 3.69. The van der Waals surface area contributed by atoms with Gasteiger partial charge in [0.15, 0.2) is 0 Å². The summed E-state index contributed by atoms with van der Waals surface area (Å²) in [7, 11) is 0. The highest BCUT2D eigenvalue weighted by atomic mass is 79.9. The van der Waals surface area contributed by atoms with Crippen LogP contribution in [-0.2, 0) is 4.74 Å². The maximum atomic E-state index is 12.4. The number of ether oxygens (including phenoxy) is 1. The number of hydrogen-bond acceptors (Lipinski definition) is 3. The van der Waals surface area contributed by atoms with E-state index < -0.39 is 5.60 Å². The molecule has 0 spiro atoms. The molecule has 0 amide bonds. The van der Waals surface area contributed by atoms with Crippen molar-refractivity contribution in [3.8, 4) is 0 Å². The summed E-state index contributed by atoms with van der Waals surface area (Å²) in [5, 5.41) is 3.34. The van der Waals surface area contributed by atoms with E-state index in [0.29, 0.717) is 11.5 Å². The van der Waals surface area contributed by atoms with Crippen molar-refractivity contribution in [2.75, 3.05) is 13.1 Å². The van der Waals surface area contributed by atoms with Gasteiger partial charge < -0.3 is 10.1 Å². The van der Waals surface area contributed by atoms with Gasteiger partial charge in [0.1, 0.15) is 5.60 Å². The summed E-state index contributed by atoms with van der Waals surface area (Å²) in [5.41, 5.74) is 1.28. The van der Waals surface area contributed by atoms with E-state index in [2.05, 4.69) is 21.2 Å². The maximum Gasteiger partial charge on any atom is 0.339 e. The van der Waals surface area contributed by atoms with Crippen molar-refractivity contribution in [1.82, 2.24) is 5.32 Å². The van der Waals surface area contributed by atoms with Gasteiger partial charge in [0.05, 0.1) is 5.56 Å².